The molecule has 0 aromatic heterocycles. The van der Waals surface area contributed by atoms with Crippen LogP contribution in [-0.4, -0.2) is 31.9 Å². The molecule has 0 radical (unpaired) electrons. The quantitative estimate of drug-likeness (QED) is 0.764. The highest BCUT2D eigenvalue weighted by Gasteiger charge is 2.19. The lowest BCUT2D eigenvalue weighted by molar-refractivity contribution is 0.0262. The van der Waals surface area contributed by atoms with Gasteiger partial charge in [-0.25, -0.2) is 0 Å². The number of phenols is 1. The Bertz CT molecular complexity index is 335. The lowest BCUT2D eigenvalue weighted by Gasteiger charge is -2.24. The molecule has 0 amide bonds. The summed E-state index contributed by atoms with van der Waals surface area (Å²) in [5.74, 6) is 0.987. The van der Waals surface area contributed by atoms with E-state index in [4.69, 9.17) is 9.47 Å². The molecule has 1 aliphatic heterocycles. The molecular formula is C11H15NO3. The van der Waals surface area contributed by atoms with Crippen molar-refractivity contribution in [2.45, 2.75) is 6.10 Å². The van der Waals surface area contributed by atoms with Gasteiger partial charge in [-0.15, -0.1) is 0 Å². The fourth-order valence-corrected chi connectivity index (χ4v) is 1.68. The van der Waals surface area contributed by atoms with Gasteiger partial charge in [-0.2, -0.15) is 0 Å². The second kappa shape index (κ2) is 4.51. The summed E-state index contributed by atoms with van der Waals surface area (Å²) >= 11 is 0. The van der Waals surface area contributed by atoms with Crippen LogP contribution in [0.5, 0.6) is 11.5 Å². The smallest absolute Gasteiger partial charge is 0.121 e. The zero-order chi connectivity index (χ0) is 10.7. The van der Waals surface area contributed by atoms with Gasteiger partial charge in [0.05, 0.1) is 19.8 Å². The molecule has 1 saturated heterocycles. The highest BCUT2D eigenvalue weighted by Crippen LogP contribution is 2.30. The number of rotatable bonds is 2. The Balaban J connectivity index is 2.24. The molecule has 1 fully saturated rings. The average Bonchev–Trinajstić information content (AvgIpc) is 2.31. The summed E-state index contributed by atoms with van der Waals surface area (Å²) in [6, 6.07) is 5.17. The van der Waals surface area contributed by atoms with Crippen molar-refractivity contribution in [2.75, 3.05) is 26.8 Å². The number of hydrogen-bond donors (Lipinski definition) is 2. The minimum atomic E-state index is -0.0890. The Labute approximate surface area is 88.8 Å². The minimum Gasteiger partial charge on any atom is -0.508 e. The molecule has 1 atom stereocenters. The van der Waals surface area contributed by atoms with Gasteiger partial charge in [0.2, 0.25) is 0 Å². The normalized spacial score (nSPS) is 21.3. The third kappa shape index (κ3) is 2.22. The van der Waals surface area contributed by atoms with E-state index < -0.39 is 0 Å². The number of hydrogen-bond acceptors (Lipinski definition) is 4. The van der Waals surface area contributed by atoms with E-state index in [1.807, 2.05) is 6.07 Å². The largest absolute Gasteiger partial charge is 0.508 e. The first-order valence-electron chi connectivity index (χ1n) is 5.00. The lowest BCUT2D eigenvalue weighted by atomic mass is 10.1. The van der Waals surface area contributed by atoms with Gasteiger partial charge in [-0.05, 0) is 18.2 Å². The van der Waals surface area contributed by atoms with Crippen LogP contribution in [0.1, 0.15) is 11.7 Å². The third-order valence-corrected chi connectivity index (χ3v) is 2.51. The van der Waals surface area contributed by atoms with Crippen LogP contribution < -0.4 is 10.1 Å². The summed E-state index contributed by atoms with van der Waals surface area (Å²) in [7, 11) is 1.61. The monoisotopic (exact) mass is 209 g/mol. The van der Waals surface area contributed by atoms with Gasteiger partial charge in [0, 0.05) is 18.7 Å². The van der Waals surface area contributed by atoms with Crippen molar-refractivity contribution in [1.29, 1.82) is 0 Å². The Hall–Kier alpha value is -1.26. The van der Waals surface area contributed by atoms with Gasteiger partial charge in [0.25, 0.3) is 0 Å². The van der Waals surface area contributed by atoms with Crippen LogP contribution >= 0.6 is 0 Å². The number of benzene rings is 1. The zero-order valence-corrected chi connectivity index (χ0v) is 8.69. The van der Waals surface area contributed by atoms with Gasteiger partial charge in [-0.1, -0.05) is 0 Å². The predicted molar refractivity (Wildman–Crippen MR) is 56.2 cm³/mol. The van der Waals surface area contributed by atoms with E-state index in [0.717, 1.165) is 24.4 Å². The van der Waals surface area contributed by atoms with Crippen LogP contribution in [0.4, 0.5) is 0 Å². The van der Waals surface area contributed by atoms with Gasteiger partial charge in [-0.3, -0.25) is 0 Å². The first kappa shape index (κ1) is 10.3. The van der Waals surface area contributed by atoms with E-state index in [0.29, 0.717) is 6.61 Å². The molecule has 0 bridgehead atoms. The zero-order valence-electron chi connectivity index (χ0n) is 8.69. The Morgan fingerprint density at radius 3 is 3.07 bits per heavy atom. The topological polar surface area (TPSA) is 50.7 Å². The van der Waals surface area contributed by atoms with Gasteiger partial charge >= 0.3 is 0 Å². The maximum Gasteiger partial charge on any atom is 0.121 e. The van der Waals surface area contributed by atoms with E-state index >= 15 is 0 Å². The maximum atomic E-state index is 9.72. The molecule has 1 aromatic carbocycles. The first-order valence-corrected chi connectivity index (χ1v) is 5.00. The van der Waals surface area contributed by atoms with E-state index in [9.17, 15) is 5.11 Å². The molecule has 1 heterocycles. The fourth-order valence-electron chi connectivity index (χ4n) is 1.68. The molecule has 2 N–H and O–H groups in total. The van der Waals surface area contributed by atoms with Crippen molar-refractivity contribution in [3.8, 4) is 11.5 Å². The Morgan fingerprint density at radius 2 is 2.40 bits per heavy atom. The van der Waals surface area contributed by atoms with E-state index in [1.54, 1.807) is 19.2 Å². The second-order valence-electron chi connectivity index (χ2n) is 3.49. The van der Waals surface area contributed by atoms with Crippen LogP contribution in [0.15, 0.2) is 18.2 Å². The molecule has 0 aliphatic carbocycles. The van der Waals surface area contributed by atoms with Crippen molar-refractivity contribution in [3.05, 3.63) is 23.8 Å². The summed E-state index contributed by atoms with van der Waals surface area (Å²) in [5.41, 5.74) is 0.779. The van der Waals surface area contributed by atoms with Crippen LogP contribution in [0.3, 0.4) is 0 Å². The molecule has 1 aliphatic rings. The molecule has 0 saturated carbocycles. The summed E-state index contributed by atoms with van der Waals surface area (Å²) in [6.45, 7) is 2.25. The van der Waals surface area contributed by atoms with Gasteiger partial charge in [0.1, 0.15) is 11.5 Å². The average molecular weight is 209 g/mol. The van der Waals surface area contributed by atoms with E-state index in [1.165, 1.54) is 0 Å². The Kier molecular flexibility index (Phi) is 3.08. The van der Waals surface area contributed by atoms with Crippen LogP contribution in [0.25, 0.3) is 0 Å². The lowest BCUT2D eigenvalue weighted by Crippen LogP contribution is -2.33. The van der Waals surface area contributed by atoms with Crippen molar-refractivity contribution in [3.63, 3.8) is 0 Å². The molecule has 4 heteroatoms. The maximum absolute atomic E-state index is 9.72. The third-order valence-electron chi connectivity index (χ3n) is 2.51. The number of phenolic OH excluding ortho intramolecular Hbond substituents is 1. The van der Waals surface area contributed by atoms with E-state index in [2.05, 4.69) is 5.32 Å². The predicted octanol–water partition coefficient (Wildman–Crippen LogP) is 1.06. The highest BCUT2D eigenvalue weighted by molar-refractivity contribution is 5.41. The second-order valence-corrected chi connectivity index (χ2v) is 3.49. The summed E-state index contributed by atoms with van der Waals surface area (Å²) in [4.78, 5) is 0. The number of ether oxygens (including phenoxy) is 2. The number of aromatic hydroxyl groups is 1. The standard InChI is InChI=1S/C11H15NO3/c1-14-8-2-3-10(13)9(6-8)11-7-12-4-5-15-11/h2-3,6,11-13H,4-5,7H2,1H3. The molecule has 2 rings (SSSR count). The first-order chi connectivity index (χ1) is 7.31. The summed E-state index contributed by atoms with van der Waals surface area (Å²) in [6.07, 6.45) is -0.0890. The fraction of sp³-hybridized carbons (Fsp3) is 0.455. The number of morpholine rings is 1. The molecule has 15 heavy (non-hydrogen) atoms. The van der Waals surface area contributed by atoms with Crippen LogP contribution in [-0.2, 0) is 4.74 Å². The highest BCUT2D eigenvalue weighted by atomic mass is 16.5. The SMILES string of the molecule is COc1ccc(O)c(C2CNCCO2)c1. The van der Waals surface area contributed by atoms with Crippen molar-refractivity contribution in [2.24, 2.45) is 0 Å². The molecular weight excluding hydrogens is 194 g/mol. The molecule has 1 unspecified atom stereocenters. The van der Waals surface area contributed by atoms with Crippen molar-refractivity contribution < 1.29 is 14.6 Å². The molecule has 4 nitrogen and oxygen atoms in total. The number of methoxy groups -OCH3 is 1. The molecule has 82 valence electrons. The summed E-state index contributed by atoms with van der Waals surface area (Å²) < 4.78 is 10.7. The van der Waals surface area contributed by atoms with Gasteiger partial charge in [0.15, 0.2) is 0 Å². The van der Waals surface area contributed by atoms with Gasteiger partial charge < -0.3 is 19.9 Å². The Morgan fingerprint density at radius 1 is 1.53 bits per heavy atom. The number of nitrogens with one attached hydrogen (secondary N) is 1. The molecule has 1 aromatic rings. The summed E-state index contributed by atoms with van der Waals surface area (Å²) in [5, 5.41) is 12.9. The minimum absolute atomic E-state index is 0.0890. The van der Waals surface area contributed by atoms with Crippen LogP contribution in [0.2, 0.25) is 0 Å². The van der Waals surface area contributed by atoms with Crippen molar-refractivity contribution in [1.82, 2.24) is 5.32 Å². The van der Waals surface area contributed by atoms with Crippen LogP contribution in [0, 0.1) is 0 Å². The van der Waals surface area contributed by atoms with Crippen molar-refractivity contribution >= 4 is 0 Å². The van der Waals surface area contributed by atoms with E-state index in [-0.39, 0.29) is 11.9 Å². The molecule has 0 spiro atoms.